The first kappa shape index (κ1) is 20.6. The number of carbonyl (C=O) groups is 2. The highest BCUT2D eigenvalue weighted by Gasteiger charge is 2.35. The molecule has 2 aliphatic rings. The average molecular weight is 428 g/mol. The van der Waals surface area contributed by atoms with Crippen LogP contribution in [0.25, 0.3) is 0 Å². The first-order valence-corrected chi connectivity index (χ1v) is 11.6. The largest absolute Gasteiger partial charge is 0.366 e. The Labute approximate surface area is 176 Å². The number of carbonyl (C=O) groups excluding carboxylic acids is 2. The van der Waals surface area contributed by atoms with Gasteiger partial charge in [0.15, 0.2) is 0 Å². The molecule has 2 heterocycles. The summed E-state index contributed by atoms with van der Waals surface area (Å²) in [6.07, 6.45) is 2.87. The maximum atomic E-state index is 13.2. The van der Waals surface area contributed by atoms with Gasteiger partial charge in [-0.1, -0.05) is 24.3 Å². The number of primary amides is 1. The molecule has 0 radical (unpaired) electrons. The van der Waals surface area contributed by atoms with Crippen molar-refractivity contribution < 1.29 is 18.0 Å². The van der Waals surface area contributed by atoms with Crippen molar-refractivity contribution >= 4 is 27.5 Å². The average Bonchev–Trinajstić information content (AvgIpc) is 2.78. The van der Waals surface area contributed by atoms with Gasteiger partial charge in [-0.2, -0.15) is 4.31 Å². The molecular formula is C22H25N3O4S. The second-order valence-electron chi connectivity index (χ2n) is 7.79. The topological polar surface area (TPSA) is 101 Å². The summed E-state index contributed by atoms with van der Waals surface area (Å²) in [6.45, 7) is 1.25. The van der Waals surface area contributed by atoms with Gasteiger partial charge in [-0.15, -0.1) is 0 Å². The maximum absolute atomic E-state index is 13.2. The highest BCUT2D eigenvalue weighted by Crippen LogP contribution is 2.31. The van der Waals surface area contributed by atoms with Crippen LogP contribution in [0.1, 0.15) is 35.2 Å². The summed E-state index contributed by atoms with van der Waals surface area (Å²) in [5.74, 6) is -0.785. The van der Waals surface area contributed by atoms with E-state index in [9.17, 15) is 18.0 Å². The number of fused-ring (bicyclic) bond motifs is 1. The Hall–Kier alpha value is -2.71. The van der Waals surface area contributed by atoms with E-state index in [1.54, 1.807) is 0 Å². The zero-order chi connectivity index (χ0) is 21.3. The molecule has 2 aromatic rings. The molecule has 0 aromatic heterocycles. The van der Waals surface area contributed by atoms with Crippen molar-refractivity contribution in [1.29, 1.82) is 0 Å². The number of benzene rings is 2. The van der Waals surface area contributed by atoms with Gasteiger partial charge >= 0.3 is 0 Å². The van der Waals surface area contributed by atoms with Gasteiger partial charge < -0.3 is 10.6 Å². The number of hydrogen-bond acceptors (Lipinski definition) is 4. The smallest absolute Gasteiger partial charge is 0.248 e. The van der Waals surface area contributed by atoms with E-state index in [2.05, 4.69) is 6.07 Å². The minimum Gasteiger partial charge on any atom is -0.366 e. The molecule has 2 amide bonds. The van der Waals surface area contributed by atoms with Crippen LogP contribution >= 0.6 is 0 Å². The molecule has 7 nitrogen and oxygen atoms in total. The molecule has 4 rings (SSSR count). The molecule has 30 heavy (non-hydrogen) atoms. The summed E-state index contributed by atoms with van der Waals surface area (Å²) < 4.78 is 27.4. The minimum atomic E-state index is -3.74. The van der Waals surface area contributed by atoms with E-state index in [4.69, 9.17) is 5.73 Å². The van der Waals surface area contributed by atoms with Crippen molar-refractivity contribution in [3.05, 3.63) is 59.7 Å². The monoisotopic (exact) mass is 427 g/mol. The van der Waals surface area contributed by atoms with Gasteiger partial charge in [-0.25, -0.2) is 8.42 Å². The fourth-order valence-electron chi connectivity index (χ4n) is 4.28. The maximum Gasteiger partial charge on any atom is 0.248 e. The molecule has 8 heteroatoms. The zero-order valence-electron chi connectivity index (χ0n) is 16.7. The predicted octanol–water partition coefficient (Wildman–Crippen LogP) is 2.17. The van der Waals surface area contributed by atoms with Crippen molar-refractivity contribution in [3.8, 4) is 0 Å². The van der Waals surface area contributed by atoms with Gasteiger partial charge in [0.2, 0.25) is 21.8 Å². The number of para-hydroxylation sites is 1. The standard InChI is InChI=1S/C22H25N3O4S/c23-21(26)18-6-3-8-19(15-18)30(28,29)24-13-10-17(11-14-24)22(27)25-12-4-7-16-5-1-2-9-20(16)25/h1-3,5-6,8-9,15,17H,4,7,10-14H2,(H2,23,26). The van der Waals surface area contributed by atoms with Crippen LogP contribution in [-0.2, 0) is 21.2 Å². The molecule has 0 atom stereocenters. The van der Waals surface area contributed by atoms with Crippen LogP contribution in [-0.4, -0.2) is 44.2 Å². The number of amides is 2. The third-order valence-electron chi connectivity index (χ3n) is 5.94. The van der Waals surface area contributed by atoms with Crippen molar-refractivity contribution in [2.24, 2.45) is 11.7 Å². The van der Waals surface area contributed by atoms with Gasteiger partial charge in [-0.05, 0) is 55.5 Å². The van der Waals surface area contributed by atoms with Crippen LogP contribution in [0, 0.1) is 5.92 Å². The number of sulfonamides is 1. The Balaban J connectivity index is 1.46. The van der Waals surface area contributed by atoms with E-state index < -0.39 is 15.9 Å². The lowest BCUT2D eigenvalue weighted by molar-refractivity contribution is -0.123. The second kappa shape index (κ2) is 8.20. The van der Waals surface area contributed by atoms with Crippen LogP contribution in [0.5, 0.6) is 0 Å². The van der Waals surface area contributed by atoms with Crippen LogP contribution in [0.2, 0.25) is 0 Å². The molecule has 1 saturated heterocycles. The fourth-order valence-corrected chi connectivity index (χ4v) is 5.80. The SMILES string of the molecule is NC(=O)c1cccc(S(=O)(=O)N2CCC(C(=O)N3CCCc4ccccc43)CC2)c1. The molecule has 0 spiro atoms. The highest BCUT2D eigenvalue weighted by molar-refractivity contribution is 7.89. The van der Waals surface area contributed by atoms with Gasteiger partial charge in [0.05, 0.1) is 4.90 Å². The number of nitrogens with zero attached hydrogens (tertiary/aromatic N) is 2. The fraction of sp³-hybridized carbons (Fsp3) is 0.364. The second-order valence-corrected chi connectivity index (χ2v) is 9.73. The van der Waals surface area contributed by atoms with Gasteiger partial charge in [0.1, 0.15) is 0 Å². The van der Waals surface area contributed by atoms with E-state index in [1.807, 2.05) is 23.1 Å². The normalized spacial score (nSPS) is 18.1. The van der Waals surface area contributed by atoms with E-state index in [0.717, 1.165) is 18.5 Å². The van der Waals surface area contributed by atoms with Crippen LogP contribution in [0.3, 0.4) is 0 Å². The number of nitrogens with two attached hydrogens (primary N) is 1. The Morgan fingerprint density at radius 1 is 0.967 bits per heavy atom. The van der Waals surface area contributed by atoms with Crippen LogP contribution in [0.4, 0.5) is 5.69 Å². The summed E-state index contributed by atoms with van der Waals surface area (Å²) in [6, 6.07) is 13.7. The number of aryl methyl sites for hydroxylation is 1. The molecule has 0 saturated carbocycles. The van der Waals surface area contributed by atoms with Crippen LogP contribution in [0.15, 0.2) is 53.4 Å². The number of anilines is 1. The first-order chi connectivity index (χ1) is 14.4. The summed E-state index contributed by atoms with van der Waals surface area (Å²) >= 11 is 0. The van der Waals surface area contributed by atoms with Crippen molar-refractivity contribution in [1.82, 2.24) is 4.31 Å². The van der Waals surface area contributed by atoms with Gasteiger partial charge in [0, 0.05) is 36.8 Å². The predicted molar refractivity (Wildman–Crippen MR) is 114 cm³/mol. The number of piperidine rings is 1. The van der Waals surface area contributed by atoms with Crippen LogP contribution < -0.4 is 10.6 Å². The molecule has 0 aliphatic carbocycles. The molecule has 2 aliphatic heterocycles. The minimum absolute atomic E-state index is 0.0496. The molecule has 2 N–H and O–H groups in total. The lowest BCUT2D eigenvalue weighted by atomic mass is 9.94. The Bertz CT molecular complexity index is 1080. The zero-order valence-corrected chi connectivity index (χ0v) is 17.5. The van der Waals surface area contributed by atoms with E-state index >= 15 is 0 Å². The Morgan fingerprint density at radius 3 is 2.43 bits per heavy atom. The lowest BCUT2D eigenvalue weighted by Gasteiger charge is -2.36. The molecular weight excluding hydrogens is 402 g/mol. The van der Waals surface area contributed by atoms with E-state index in [-0.39, 0.29) is 35.4 Å². The van der Waals surface area contributed by atoms with Crippen molar-refractivity contribution in [2.45, 2.75) is 30.6 Å². The molecule has 2 aromatic carbocycles. The molecule has 0 unspecified atom stereocenters. The summed E-state index contributed by atoms with van der Waals surface area (Å²) in [5, 5.41) is 0. The van der Waals surface area contributed by atoms with Crippen molar-refractivity contribution in [3.63, 3.8) is 0 Å². The van der Waals surface area contributed by atoms with Crippen molar-refractivity contribution in [2.75, 3.05) is 24.5 Å². The first-order valence-electron chi connectivity index (χ1n) is 10.2. The number of rotatable bonds is 4. The summed E-state index contributed by atoms with van der Waals surface area (Å²) in [4.78, 5) is 26.5. The Morgan fingerprint density at radius 2 is 1.70 bits per heavy atom. The Kier molecular flexibility index (Phi) is 5.62. The van der Waals surface area contributed by atoms with E-state index in [0.29, 0.717) is 19.4 Å². The van der Waals surface area contributed by atoms with E-state index in [1.165, 1.54) is 34.1 Å². The highest BCUT2D eigenvalue weighted by atomic mass is 32.2. The molecule has 0 bridgehead atoms. The number of hydrogen-bond donors (Lipinski definition) is 1. The summed E-state index contributed by atoms with van der Waals surface area (Å²) in [5.41, 5.74) is 7.59. The lowest BCUT2D eigenvalue weighted by Crippen LogP contribution is -2.45. The summed E-state index contributed by atoms with van der Waals surface area (Å²) in [7, 11) is -3.74. The molecule has 1 fully saturated rings. The van der Waals surface area contributed by atoms with Gasteiger partial charge in [0.25, 0.3) is 0 Å². The third kappa shape index (κ3) is 3.85. The van der Waals surface area contributed by atoms with Gasteiger partial charge in [-0.3, -0.25) is 9.59 Å². The third-order valence-corrected chi connectivity index (χ3v) is 7.83. The molecule has 158 valence electrons. The quantitative estimate of drug-likeness (QED) is 0.808.